The van der Waals surface area contributed by atoms with Crippen LogP contribution in [0.2, 0.25) is 0 Å². The standard InChI is InChI=1S/C32H25FN2O2S/c33-26-17-13-24(14-18-26)30(25-15-19-28(20-16-25)38-22-23-8-3-1-4-9-23)35-31(36)29-12-7-21-34-32(29)37-27-10-5-2-6-11-27/h1-21,30H,22H2,(H,35,36). The van der Waals surface area contributed by atoms with Crippen molar-refractivity contribution in [1.82, 2.24) is 10.3 Å². The highest BCUT2D eigenvalue weighted by Crippen LogP contribution is 2.29. The van der Waals surface area contributed by atoms with Gasteiger partial charge in [-0.2, -0.15) is 0 Å². The molecule has 0 aliphatic carbocycles. The van der Waals surface area contributed by atoms with Gasteiger partial charge in [0.1, 0.15) is 17.1 Å². The van der Waals surface area contributed by atoms with Crippen molar-refractivity contribution in [2.75, 3.05) is 0 Å². The fourth-order valence-electron chi connectivity index (χ4n) is 3.97. The van der Waals surface area contributed by atoms with Gasteiger partial charge in [-0.25, -0.2) is 9.37 Å². The number of thioether (sulfide) groups is 1. The smallest absolute Gasteiger partial charge is 0.257 e. The molecule has 6 heteroatoms. The molecule has 1 heterocycles. The molecule has 188 valence electrons. The molecule has 0 aliphatic heterocycles. The fraction of sp³-hybridized carbons (Fsp3) is 0.0625. The van der Waals surface area contributed by atoms with Crippen LogP contribution in [0.25, 0.3) is 0 Å². The lowest BCUT2D eigenvalue weighted by atomic mass is 9.98. The number of pyridine rings is 1. The molecule has 1 amide bonds. The zero-order valence-electron chi connectivity index (χ0n) is 20.5. The maximum atomic E-state index is 13.7. The number of hydrogen-bond acceptors (Lipinski definition) is 4. The second kappa shape index (κ2) is 12.2. The highest BCUT2D eigenvalue weighted by atomic mass is 32.2. The minimum atomic E-state index is -0.499. The lowest BCUT2D eigenvalue weighted by Crippen LogP contribution is -2.29. The van der Waals surface area contributed by atoms with Gasteiger partial charge in [-0.1, -0.05) is 72.8 Å². The van der Waals surface area contributed by atoms with E-state index >= 15 is 0 Å². The molecule has 4 aromatic carbocycles. The predicted octanol–water partition coefficient (Wildman–Crippen LogP) is 7.82. The normalized spacial score (nSPS) is 11.5. The van der Waals surface area contributed by atoms with Gasteiger partial charge >= 0.3 is 0 Å². The van der Waals surface area contributed by atoms with Crippen LogP contribution in [0.15, 0.2) is 132 Å². The minimum Gasteiger partial charge on any atom is -0.438 e. The van der Waals surface area contributed by atoms with Gasteiger partial charge in [-0.15, -0.1) is 11.8 Å². The van der Waals surface area contributed by atoms with Crippen LogP contribution in [0.5, 0.6) is 11.6 Å². The molecular formula is C32H25FN2O2S. The number of benzene rings is 4. The summed E-state index contributed by atoms with van der Waals surface area (Å²) in [5.41, 5.74) is 3.20. The highest BCUT2D eigenvalue weighted by Gasteiger charge is 2.21. The molecule has 38 heavy (non-hydrogen) atoms. The quantitative estimate of drug-likeness (QED) is 0.201. The number of halogens is 1. The van der Waals surface area contributed by atoms with Crippen molar-refractivity contribution in [3.8, 4) is 11.6 Å². The van der Waals surface area contributed by atoms with Gasteiger partial charge < -0.3 is 10.1 Å². The number of ether oxygens (including phenoxy) is 1. The van der Waals surface area contributed by atoms with Gasteiger partial charge in [0.15, 0.2) is 0 Å². The third-order valence-electron chi connectivity index (χ3n) is 5.91. The third kappa shape index (κ3) is 6.47. The molecule has 4 nitrogen and oxygen atoms in total. The summed E-state index contributed by atoms with van der Waals surface area (Å²) in [5, 5.41) is 3.10. The van der Waals surface area contributed by atoms with E-state index in [1.54, 1.807) is 54.4 Å². The van der Waals surface area contributed by atoms with Crippen LogP contribution in [-0.4, -0.2) is 10.9 Å². The maximum Gasteiger partial charge on any atom is 0.257 e. The van der Waals surface area contributed by atoms with Crippen molar-refractivity contribution in [2.24, 2.45) is 0 Å². The fourth-order valence-corrected chi connectivity index (χ4v) is 4.82. The number of rotatable bonds is 9. The Balaban J connectivity index is 1.38. The van der Waals surface area contributed by atoms with Gasteiger partial charge in [0.05, 0.1) is 6.04 Å². The number of carbonyl (C=O) groups excluding carboxylic acids is 1. The second-order valence-corrected chi connectivity index (χ2v) is 9.62. The van der Waals surface area contributed by atoms with Gasteiger partial charge in [-0.05, 0) is 65.2 Å². The summed E-state index contributed by atoms with van der Waals surface area (Å²) in [4.78, 5) is 18.9. The summed E-state index contributed by atoms with van der Waals surface area (Å²) in [7, 11) is 0. The van der Waals surface area contributed by atoms with Crippen LogP contribution in [0.4, 0.5) is 4.39 Å². The average Bonchev–Trinajstić information content (AvgIpc) is 2.97. The Morgan fingerprint density at radius 3 is 2.11 bits per heavy atom. The lowest BCUT2D eigenvalue weighted by molar-refractivity contribution is 0.0940. The maximum absolute atomic E-state index is 13.7. The molecule has 0 bridgehead atoms. The van der Waals surface area contributed by atoms with Crippen LogP contribution in [0.3, 0.4) is 0 Å². The van der Waals surface area contributed by atoms with Crippen LogP contribution >= 0.6 is 11.8 Å². The first-order valence-electron chi connectivity index (χ1n) is 12.2. The molecule has 0 aliphatic rings. The minimum absolute atomic E-state index is 0.210. The van der Waals surface area contributed by atoms with Crippen molar-refractivity contribution in [3.05, 3.63) is 156 Å². The van der Waals surface area contributed by atoms with E-state index in [2.05, 4.69) is 22.4 Å². The Labute approximate surface area is 225 Å². The van der Waals surface area contributed by atoms with Gasteiger partial charge in [0.2, 0.25) is 5.88 Å². The van der Waals surface area contributed by atoms with Crippen molar-refractivity contribution in [3.63, 3.8) is 0 Å². The first-order chi connectivity index (χ1) is 18.7. The molecule has 1 aromatic heterocycles. The Morgan fingerprint density at radius 1 is 0.789 bits per heavy atom. The summed E-state index contributed by atoms with van der Waals surface area (Å²) >= 11 is 1.74. The molecule has 0 spiro atoms. The van der Waals surface area contributed by atoms with E-state index in [0.29, 0.717) is 11.3 Å². The summed E-state index contributed by atoms with van der Waals surface area (Å²) in [6, 6.07) is 36.6. The van der Waals surface area contributed by atoms with Crippen LogP contribution in [0, 0.1) is 5.82 Å². The number of nitrogens with zero attached hydrogens (tertiary/aromatic N) is 1. The first-order valence-corrected chi connectivity index (χ1v) is 13.2. The Hall–Kier alpha value is -4.42. The molecular weight excluding hydrogens is 495 g/mol. The average molecular weight is 521 g/mol. The van der Waals surface area contributed by atoms with Crippen molar-refractivity contribution >= 4 is 17.7 Å². The topological polar surface area (TPSA) is 51.2 Å². The number of carbonyl (C=O) groups is 1. The van der Waals surface area contributed by atoms with E-state index in [9.17, 15) is 9.18 Å². The van der Waals surface area contributed by atoms with E-state index in [4.69, 9.17) is 4.74 Å². The Morgan fingerprint density at radius 2 is 1.42 bits per heavy atom. The number of amides is 1. The Kier molecular flexibility index (Phi) is 8.11. The van der Waals surface area contributed by atoms with E-state index in [0.717, 1.165) is 21.8 Å². The van der Waals surface area contributed by atoms with E-state index in [1.165, 1.54) is 17.7 Å². The lowest BCUT2D eigenvalue weighted by Gasteiger charge is -2.21. The summed E-state index contributed by atoms with van der Waals surface area (Å²) in [6.07, 6.45) is 1.58. The van der Waals surface area contributed by atoms with Crippen LogP contribution in [-0.2, 0) is 5.75 Å². The largest absolute Gasteiger partial charge is 0.438 e. The van der Waals surface area contributed by atoms with E-state index < -0.39 is 6.04 Å². The molecule has 1 N–H and O–H groups in total. The molecule has 0 saturated carbocycles. The molecule has 0 saturated heterocycles. The molecule has 1 unspecified atom stereocenters. The predicted molar refractivity (Wildman–Crippen MR) is 149 cm³/mol. The number of hydrogen-bond donors (Lipinski definition) is 1. The third-order valence-corrected chi connectivity index (χ3v) is 7.00. The monoisotopic (exact) mass is 520 g/mol. The number of nitrogens with one attached hydrogen (secondary N) is 1. The van der Waals surface area contributed by atoms with Crippen molar-refractivity contribution in [1.29, 1.82) is 0 Å². The summed E-state index contributed by atoms with van der Waals surface area (Å²) < 4.78 is 19.6. The molecule has 5 aromatic rings. The second-order valence-electron chi connectivity index (χ2n) is 8.57. The van der Waals surface area contributed by atoms with Gasteiger partial charge in [0.25, 0.3) is 5.91 Å². The molecule has 1 atom stereocenters. The zero-order valence-corrected chi connectivity index (χ0v) is 21.3. The van der Waals surface area contributed by atoms with Gasteiger partial charge in [-0.3, -0.25) is 4.79 Å². The SMILES string of the molecule is O=C(NC(c1ccc(F)cc1)c1ccc(SCc2ccccc2)cc1)c1cccnc1Oc1ccccc1. The number of para-hydroxylation sites is 1. The van der Waals surface area contributed by atoms with Crippen LogP contribution in [0.1, 0.15) is 33.1 Å². The zero-order chi connectivity index (χ0) is 26.2. The van der Waals surface area contributed by atoms with Gasteiger partial charge in [0, 0.05) is 16.8 Å². The van der Waals surface area contributed by atoms with E-state index in [1.807, 2.05) is 60.7 Å². The summed E-state index contributed by atoms with van der Waals surface area (Å²) in [5.74, 6) is 0.975. The van der Waals surface area contributed by atoms with Crippen molar-refractivity contribution in [2.45, 2.75) is 16.7 Å². The first kappa shape index (κ1) is 25.2. The molecule has 5 rings (SSSR count). The highest BCUT2D eigenvalue weighted by molar-refractivity contribution is 7.98. The Bertz CT molecular complexity index is 1480. The molecule has 0 fully saturated rings. The van der Waals surface area contributed by atoms with E-state index in [-0.39, 0.29) is 17.6 Å². The van der Waals surface area contributed by atoms with Crippen LogP contribution < -0.4 is 10.1 Å². The number of aromatic nitrogens is 1. The summed E-state index contributed by atoms with van der Waals surface area (Å²) in [6.45, 7) is 0. The molecule has 0 radical (unpaired) electrons. The van der Waals surface area contributed by atoms with Crippen molar-refractivity contribution < 1.29 is 13.9 Å².